The van der Waals surface area contributed by atoms with Crippen molar-refractivity contribution in [3.8, 4) is 0 Å². The fourth-order valence-electron chi connectivity index (χ4n) is 2.10. The zero-order valence-electron chi connectivity index (χ0n) is 11.9. The number of aryl methyl sites for hydroxylation is 1. The molecular weight excluding hydrogens is 259 g/mol. The summed E-state index contributed by atoms with van der Waals surface area (Å²) >= 11 is 4.94. The SMILES string of the molecule is Cc1cc(F)ccc1CN(CCC(N)=S)CC(C)C. The average molecular weight is 282 g/mol. The molecule has 0 aliphatic carbocycles. The number of nitrogens with two attached hydrogens (primary N) is 1. The predicted octanol–water partition coefficient (Wildman–Crippen LogP) is 3.27. The van der Waals surface area contributed by atoms with Crippen molar-refractivity contribution in [2.24, 2.45) is 11.7 Å². The molecule has 1 aromatic rings. The highest BCUT2D eigenvalue weighted by molar-refractivity contribution is 7.80. The lowest BCUT2D eigenvalue weighted by Crippen LogP contribution is -2.30. The van der Waals surface area contributed by atoms with Crippen molar-refractivity contribution >= 4 is 17.2 Å². The quantitative estimate of drug-likeness (QED) is 0.778. The molecule has 0 heterocycles. The lowest BCUT2D eigenvalue weighted by molar-refractivity contribution is 0.242. The third-order valence-corrected chi connectivity index (χ3v) is 3.20. The Morgan fingerprint density at radius 2 is 2.11 bits per heavy atom. The van der Waals surface area contributed by atoms with Gasteiger partial charge in [-0.1, -0.05) is 32.1 Å². The zero-order chi connectivity index (χ0) is 14.4. The molecule has 0 amide bonds. The van der Waals surface area contributed by atoms with E-state index < -0.39 is 0 Å². The van der Waals surface area contributed by atoms with Crippen LogP contribution in [-0.2, 0) is 6.54 Å². The number of rotatable bonds is 7. The van der Waals surface area contributed by atoms with Crippen molar-refractivity contribution in [1.82, 2.24) is 4.90 Å². The summed E-state index contributed by atoms with van der Waals surface area (Å²) in [6, 6.07) is 4.96. The Morgan fingerprint density at radius 3 is 2.63 bits per heavy atom. The van der Waals surface area contributed by atoms with Gasteiger partial charge in [0.2, 0.25) is 0 Å². The maximum atomic E-state index is 13.1. The summed E-state index contributed by atoms with van der Waals surface area (Å²) in [6.45, 7) is 8.97. The number of benzene rings is 1. The van der Waals surface area contributed by atoms with Gasteiger partial charge in [-0.15, -0.1) is 0 Å². The van der Waals surface area contributed by atoms with Gasteiger partial charge in [-0.25, -0.2) is 4.39 Å². The highest BCUT2D eigenvalue weighted by atomic mass is 32.1. The van der Waals surface area contributed by atoms with E-state index in [1.807, 2.05) is 13.0 Å². The van der Waals surface area contributed by atoms with Gasteiger partial charge in [0, 0.05) is 26.1 Å². The van der Waals surface area contributed by atoms with E-state index in [0.717, 1.165) is 37.2 Å². The normalized spacial score (nSPS) is 11.3. The van der Waals surface area contributed by atoms with E-state index in [-0.39, 0.29) is 5.82 Å². The molecule has 0 saturated heterocycles. The van der Waals surface area contributed by atoms with Crippen LogP contribution in [0.15, 0.2) is 18.2 Å². The summed E-state index contributed by atoms with van der Waals surface area (Å²) < 4.78 is 13.1. The van der Waals surface area contributed by atoms with Gasteiger partial charge < -0.3 is 5.73 Å². The molecule has 106 valence electrons. The molecule has 1 aromatic carbocycles. The van der Waals surface area contributed by atoms with E-state index in [1.165, 1.54) is 6.07 Å². The van der Waals surface area contributed by atoms with E-state index >= 15 is 0 Å². The van der Waals surface area contributed by atoms with Gasteiger partial charge in [-0.2, -0.15) is 0 Å². The molecule has 0 fully saturated rings. The first-order chi connectivity index (χ1) is 8.88. The summed E-state index contributed by atoms with van der Waals surface area (Å²) in [5.41, 5.74) is 7.72. The Labute approximate surface area is 120 Å². The summed E-state index contributed by atoms with van der Waals surface area (Å²) in [6.07, 6.45) is 0.724. The second kappa shape index (κ2) is 7.56. The van der Waals surface area contributed by atoms with Crippen LogP contribution in [0.4, 0.5) is 4.39 Å². The van der Waals surface area contributed by atoms with Crippen LogP contribution in [0.3, 0.4) is 0 Å². The molecule has 0 spiro atoms. The Balaban J connectivity index is 2.72. The second-order valence-electron chi connectivity index (χ2n) is 5.42. The minimum absolute atomic E-state index is 0.181. The first kappa shape index (κ1) is 16.1. The van der Waals surface area contributed by atoms with E-state index in [1.54, 1.807) is 6.07 Å². The zero-order valence-corrected chi connectivity index (χ0v) is 12.8. The maximum absolute atomic E-state index is 13.1. The van der Waals surface area contributed by atoms with Crippen LogP contribution in [0.1, 0.15) is 31.4 Å². The predicted molar refractivity (Wildman–Crippen MR) is 82.7 cm³/mol. The largest absolute Gasteiger partial charge is 0.393 e. The number of hydrogen-bond donors (Lipinski definition) is 1. The van der Waals surface area contributed by atoms with Gasteiger partial charge >= 0.3 is 0 Å². The Hall–Kier alpha value is -1.00. The molecule has 0 radical (unpaired) electrons. The molecule has 19 heavy (non-hydrogen) atoms. The summed E-state index contributed by atoms with van der Waals surface area (Å²) in [7, 11) is 0. The van der Waals surface area contributed by atoms with Gasteiger partial charge in [0.1, 0.15) is 5.82 Å². The standard InChI is InChI=1S/C15H23FN2S/c1-11(2)9-18(7-6-15(17)19)10-13-4-5-14(16)8-12(13)3/h4-5,8,11H,6-7,9-10H2,1-3H3,(H2,17,19). The molecule has 1 rings (SSSR count). The summed E-state index contributed by atoms with van der Waals surface area (Å²) in [5.74, 6) is 0.395. The van der Waals surface area contributed by atoms with Crippen LogP contribution < -0.4 is 5.73 Å². The van der Waals surface area contributed by atoms with E-state index in [0.29, 0.717) is 10.9 Å². The molecular formula is C15H23FN2S. The molecule has 0 aliphatic rings. The number of hydrogen-bond acceptors (Lipinski definition) is 2. The monoisotopic (exact) mass is 282 g/mol. The molecule has 0 aliphatic heterocycles. The van der Waals surface area contributed by atoms with Gasteiger partial charge in [-0.3, -0.25) is 4.90 Å². The minimum Gasteiger partial charge on any atom is -0.393 e. The molecule has 4 heteroatoms. The van der Waals surface area contributed by atoms with Crippen molar-refractivity contribution in [3.05, 3.63) is 35.1 Å². The van der Waals surface area contributed by atoms with Crippen molar-refractivity contribution < 1.29 is 4.39 Å². The molecule has 2 N–H and O–H groups in total. The molecule has 0 saturated carbocycles. The van der Waals surface area contributed by atoms with Crippen molar-refractivity contribution in [3.63, 3.8) is 0 Å². The third-order valence-electron chi connectivity index (χ3n) is 3.00. The molecule has 0 bridgehead atoms. The number of nitrogens with zero attached hydrogens (tertiary/aromatic N) is 1. The minimum atomic E-state index is -0.181. The van der Waals surface area contributed by atoms with Gasteiger partial charge in [0.05, 0.1) is 4.99 Å². The van der Waals surface area contributed by atoms with E-state index in [2.05, 4.69) is 18.7 Å². The Morgan fingerprint density at radius 1 is 1.42 bits per heavy atom. The first-order valence-electron chi connectivity index (χ1n) is 6.64. The van der Waals surface area contributed by atoms with Crippen molar-refractivity contribution in [2.75, 3.05) is 13.1 Å². The summed E-state index contributed by atoms with van der Waals surface area (Å²) in [5, 5.41) is 0. The van der Waals surface area contributed by atoms with Crippen molar-refractivity contribution in [1.29, 1.82) is 0 Å². The lowest BCUT2D eigenvalue weighted by Gasteiger charge is -2.25. The second-order valence-corrected chi connectivity index (χ2v) is 5.94. The Bertz CT molecular complexity index is 432. The first-order valence-corrected chi connectivity index (χ1v) is 7.05. The highest BCUT2D eigenvalue weighted by Gasteiger charge is 2.10. The molecule has 0 aromatic heterocycles. The maximum Gasteiger partial charge on any atom is 0.123 e. The lowest BCUT2D eigenvalue weighted by atomic mass is 10.1. The molecule has 2 nitrogen and oxygen atoms in total. The third kappa shape index (κ3) is 6.12. The fraction of sp³-hybridized carbons (Fsp3) is 0.533. The van der Waals surface area contributed by atoms with Gasteiger partial charge in [-0.05, 0) is 36.1 Å². The van der Waals surface area contributed by atoms with Gasteiger partial charge in [0.25, 0.3) is 0 Å². The van der Waals surface area contributed by atoms with E-state index in [4.69, 9.17) is 18.0 Å². The van der Waals surface area contributed by atoms with Crippen molar-refractivity contribution in [2.45, 2.75) is 33.7 Å². The van der Waals surface area contributed by atoms with Crippen LogP contribution in [0, 0.1) is 18.7 Å². The van der Waals surface area contributed by atoms with E-state index in [9.17, 15) is 4.39 Å². The Kier molecular flexibility index (Phi) is 6.38. The van der Waals surface area contributed by atoms with Crippen LogP contribution >= 0.6 is 12.2 Å². The fourth-order valence-corrected chi connectivity index (χ4v) is 2.19. The molecule has 0 unspecified atom stereocenters. The van der Waals surface area contributed by atoms with Crippen LogP contribution in [-0.4, -0.2) is 23.0 Å². The van der Waals surface area contributed by atoms with Gasteiger partial charge in [0.15, 0.2) is 0 Å². The van der Waals surface area contributed by atoms with Crippen LogP contribution in [0.25, 0.3) is 0 Å². The number of halogens is 1. The number of thiocarbonyl (C=S) groups is 1. The topological polar surface area (TPSA) is 29.3 Å². The smallest absolute Gasteiger partial charge is 0.123 e. The van der Waals surface area contributed by atoms with Crippen LogP contribution in [0.5, 0.6) is 0 Å². The van der Waals surface area contributed by atoms with Crippen LogP contribution in [0.2, 0.25) is 0 Å². The molecule has 0 atom stereocenters. The average Bonchev–Trinajstić information content (AvgIpc) is 2.28. The highest BCUT2D eigenvalue weighted by Crippen LogP contribution is 2.14. The summed E-state index contributed by atoms with van der Waals surface area (Å²) in [4.78, 5) is 2.87.